The van der Waals surface area contributed by atoms with Gasteiger partial charge in [0.15, 0.2) is 0 Å². The van der Waals surface area contributed by atoms with Crippen LogP contribution in [0.3, 0.4) is 0 Å². The predicted octanol–water partition coefficient (Wildman–Crippen LogP) is 4.50. The van der Waals surface area contributed by atoms with Crippen molar-refractivity contribution in [2.45, 2.75) is 52.0 Å². The van der Waals surface area contributed by atoms with Gasteiger partial charge < -0.3 is 14.4 Å². The Morgan fingerprint density at radius 2 is 2.04 bits per heavy atom. The Kier molecular flexibility index (Phi) is 7.00. The van der Waals surface area contributed by atoms with E-state index in [4.69, 9.17) is 9.47 Å². The highest BCUT2D eigenvalue weighted by Gasteiger charge is 2.29. The van der Waals surface area contributed by atoms with Crippen molar-refractivity contribution < 1.29 is 18.7 Å². The van der Waals surface area contributed by atoms with Crippen LogP contribution < -0.4 is 0 Å². The van der Waals surface area contributed by atoms with Crippen LogP contribution in [0.15, 0.2) is 42.0 Å². The summed E-state index contributed by atoms with van der Waals surface area (Å²) >= 11 is 0. The number of carbonyl (C=O) groups excluding carboxylic acids is 1. The van der Waals surface area contributed by atoms with Crippen LogP contribution in [0.5, 0.6) is 0 Å². The van der Waals surface area contributed by atoms with Crippen LogP contribution in [-0.2, 0) is 16.1 Å². The van der Waals surface area contributed by atoms with Crippen LogP contribution in [0, 0.1) is 0 Å². The molecule has 1 aromatic rings. The summed E-state index contributed by atoms with van der Waals surface area (Å²) in [4.78, 5) is 13.4. The molecule has 1 aliphatic rings. The third-order valence-corrected chi connectivity index (χ3v) is 3.89. The van der Waals surface area contributed by atoms with E-state index in [1.165, 1.54) is 4.90 Å². The molecule has 0 saturated carbocycles. The standard InChI is InChI=1S/C20H28FNO3/c1-20(2,3)25-19(23)22-12-11-17(18(21)14-22)10-7-13-24-15-16-8-5-4-6-9-16/h4-6,8-10,18H,7,11-15H2,1-3H3. The molecule has 1 heterocycles. The van der Waals surface area contributed by atoms with Gasteiger partial charge in [-0.05, 0) is 44.7 Å². The van der Waals surface area contributed by atoms with Gasteiger partial charge in [0.05, 0.1) is 19.8 Å². The monoisotopic (exact) mass is 349 g/mol. The quantitative estimate of drug-likeness (QED) is 0.580. The number of piperidine rings is 1. The average molecular weight is 349 g/mol. The number of hydrogen-bond donors (Lipinski definition) is 0. The van der Waals surface area contributed by atoms with E-state index in [-0.39, 0.29) is 6.54 Å². The topological polar surface area (TPSA) is 38.8 Å². The van der Waals surface area contributed by atoms with Gasteiger partial charge >= 0.3 is 6.09 Å². The van der Waals surface area contributed by atoms with Gasteiger partial charge in [0.1, 0.15) is 11.8 Å². The zero-order chi connectivity index (χ0) is 18.3. The highest BCUT2D eigenvalue weighted by Crippen LogP contribution is 2.22. The number of nitrogens with zero attached hydrogens (tertiary/aromatic N) is 1. The molecule has 25 heavy (non-hydrogen) atoms. The number of ether oxygens (including phenoxy) is 2. The minimum atomic E-state index is -1.13. The van der Waals surface area contributed by atoms with Crippen molar-refractivity contribution >= 4 is 6.09 Å². The van der Waals surface area contributed by atoms with Gasteiger partial charge in [-0.1, -0.05) is 36.4 Å². The number of halogens is 1. The van der Waals surface area contributed by atoms with E-state index in [1.54, 1.807) is 0 Å². The normalized spacial score (nSPS) is 19.9. The third-order valence-electron chi connectivity index (χ3n) is 3.89. The summed E-state index contributed by atoms with van der Waals surface area (Å²) in [5.74, 6) is 0. The van der Waals surface area contributed by atoms with Gasteiger partial charge in [0.25, 0.3) is 0 Å². The van der Waals surface area contributed by atoms with Crippen LogP contribution in [0.2, 0.25) is 0 Å². The van der Waals surface area contributed by atoms with E-state index in [0.29, 0.717) is 32.6 Å². The molecule has 1 aromatic carbocycles. The molecule has 2 rings (SSSR count). The van der Waals surface area contributed by atoms with Gasteiger partial charge in [0, 0.05) is 6.54 Å². The Bertz CT molecular complexity index is 580. The number of alkyl halides is 1. The molecule has 1 saturated heterocycles. The summed E-state index contributed by atoms with van der Waals surface area (Å²) in [6.07, 6.45) is 1.55. The molecule has 1 aliphatic heterocycles. The van der Waals surface area contributed by atoms with Crippen LogP contribution in [0.1, 0.15) is 39.2 Å². The van der Waals surface area contributed by atoms with E-state index in [9.17, 15) is 9.18 Å². The van der Waals surface area contributed by atoms with E-state index < -0.39 is 17.9 Å². The second-order valence-electron chi connectivity index (χ2n) is 7.25. The summed E-state index contributed by atoms with van der Waals surface area (Å²) in [6, 6.07) is 9.96. The Labute approximate surface area is 149 Å². The number of benzene rings is 1. The molecular weight excluding hydrogens is 321 g/mol. The maximum Gasteiger partial charge on any atom is 0.410 e. The fourth-order valence-electron chi connectivity index (χ4n) is 2.64. The van der Waals surface area contributed by atoms with Crippen molar-refractivity contribution in [1.29, 1.82) is 0 Å². The second kappa shape index (κ2) is 8.99. The Hall–Kier alpha value is -1.88. The fourth-order valence-corrected chi connectivity index (χ4v) is 2.64. The summed E-state index contributed by atoms with van der Waals surface area (Å²) in [6.45, 7) is 7.10. The molecule has 1 amide bonds. The molecule has 1 atom stereocenters. The second-order valence-corrected chi connectivity index (χ2v) is 7.25. The van der Waals surface area contributed by atoms with Crippen molar-refractivity contribution in [3.8, 4) is 0 Å². The molecule has 0 bridgehead atoms. The third kappa shape index (κ3) is 6.86. The summed E-state index contributed by atoms with van der Waals surface area (Å²) in [5.41, 5.74) is 1.32. The van der Waals surface area contributed by atoms with E-state index >= 15 is 0 Å². The van der Waals surface area contributed by atoms with Crippen molar-refractivity contribution in [3.05, 3.63) is 47.5 Å². The van der Waals surface area contributed by atoms with Crippen molar-refractivity contribution in [2.24, 2.45) is 0 Å². The van der Waals surface area contributed by atoms with Crippen molar-refractivity contribution in [2.75, 3.05) is 19.7 Å². The Balaban J connectivity index is 1.71. The van der Waals surface area contributed by atoms with E-state index in [0.717, 1.165) is 11.1 Å². The van der Waals surface area contributed by atoms with Gasteiger partial charge in [-0.2, -0.15) is 0 Å². The molecular formula is C20H28FNO3. The largest absolute Gasteiger partial charge is 0.444 e. The Morgan fingerprint density at radius 3 is 2.68 bits per heavy atom. The summed E-state index contributed by atoms with van der Waals surface area (Å²) < 4.78 is 25.2. The number of hydrogen-bond acceptors (Lipinski definition) is 3. The lowest BCUT2D eigenvalue weighted by Crippen LogP contribution is -2.44. The number of likely N-dealkylation sites (tertiary alicyclic amines) is 1. The van der Waals surface area contributed by atoms with E-state index in [1.807, 2.05) is 57.2 Å². The molecule has 138 valence electrons. The highest BCUT2D eigenvalue weighted by molar-refractivity contribution is 5.68. The molecule has 0 N–H and O–H groups in total. The highest BCUT2D eigenvalue weighted by atomic mass is 19.1. The van der Waals surface area contributed by atoms with Crippen LogP contribution in [0.25, 0.3) is 0 Å². The van der Waals surface area contributed by atoms with Gasteiger partial charge in [-0.25, -0.2) is 9.18 Å². The minimum absolute atomic E-state index is 0.0611. The van der Waals surface area contributed by atoms with Crippen LogP contribution in [-0.4, -0.2) is 42.5 Å². The first-order valence-corrected chi connectivity index (χ1v) is 8.78. The SMILES string of the molecule is CC(C)(C)OC(=O)N1CCC(=CCCOCc2ccccc2)C(F)C1. The first-order chi connectivity index (χ1) is 11.8. The summed E-state index contributed by atoms with van der Waals surface area (Å²) in [7, 11) is 0. The lowest BCUT2D eigenvalue weighted by atomic mass is 10.0. The molecule has 1 unspecified atom stereocenters. The molecule has 0 radical (unpaired) electrons. The smallest absolute Gasteiger partial charge is 0.410 e. The van der Waals surface area contributed by atoms with Gasteiger partial charge in [-0.15, -0.1) is 0 Å². The number of carbonyl (C=O) groups is 1. The van der Waals surface area contributed by atoms with E-state index in [2.05, 4.69) is 0 Å². The molecule has 1 fully saturated rings. The fraction of sp³-hybridized carbons (Fsp3) is 0.550. The minimum Gasteiger partial charge on any atom is -0.444 e. The zero-order valence-electron chi connectivity index (χ0n) is 15.3. The molecule has 0 aliphatic carbocycles. The Morgan fingerprint density at radius 1 is 1.32 bits per heavy atom. The maximum absolute atomic E-state index is 14.3. The molecule has 5 heteroatoms. The first-order valence-electron chi connectivity index (χ1n) is 8.78. The van der Waals surface area contributed by atoms with Gasteiger partial charge in [-0.3, -0.25) is 0 Å². The molecule has 4 nitrogen and oxygen atoms in total. The van der Waals surface area contributed by atoms with Crippen molar-refractivity contribution in [3.63, 3.8) is 0 Å². The summed E-state index contributed by atoms with van der Waals surface area (Å²) in [5, 5.41) is 0. The van der Waals surface area contributed by atoms with Gasteiger partial charge in [0.2, 0.25) is 0 Å². The molecule has 0 spiro atoms. The zero-order valence-corrected chi connectivity index (χ0v) is 15.3. The number of amides is 1. The average Bonchev–Trinajstić information content (AvgIpc) is 2.55. The maximum atomic E-state index is 14.3. The number of rotatable bonds is 5. The lowest BCUT2D eigenvalue weighted by molar-refractivity contribution is 0.0184. The predicted molar refractivity (Wildman–Crippen MR) is 96.1 cm³/mol. The van der Waals surface area contributed by atoms with Crippen LogP contribution in [0.4, 0.5) is 9.18 Å². The lowest BCUT2D eigenvalue weighted by Gasteiger charge is -2.32. The first kappa shape index (κ1) is 19.4. The van der Waals surface area contributed by atoms with Crippen molar-refractivity contribution in [1.82, 2.24) is 4.90 Å². The van der Waals surface area contributed by atoms with Crippen LogP contribution >= 0.6 is 0 Å². The molecule has 0 aromatic heterocycles.